The van der Waals surface area contributed by atoms with Gasteiger partial charge in [0.05, 0.1) is 5.84 Å². The van der Waals surface area contributed by atoms with Gasteiger partial charge in [-0.05, 0) is 24.7 Å². The lowest BCUT2D eigenvalue weighted by molar-refractivity contribution is 0.103. The average molecular weight is 194 g/mol. The van der Waals surface area contributed by atoms with Crippen LogP contribution in [0.15, 0.2) is 0 Å². The molecule has 0 spiro atoms. The Balaban J connectivity index is 2.11. The molecular formula is C12H22N2. The van der Waals surface area contributed by atoms with Crippen molar-refractivity contribution in [3.8, 4) is 0 Å². The largest absolute Gasteiger partial charge is 0.357 e. The van der Waals surface area contributed by atoms with Gasteiger partial charge in [0.1, 0.15) is 0 Å². The molecule has 80 valence electrons. The van der Waals surface area contributed by atoms with E-state index in [1.54, 1.807) is 0 Å². The normalized spacial score (nSPS) is 32.3. The fourth-order valence-electron chi connectivity index (χ4n) is 3.09. The lowest BCUT2D eigenvalue weighted by atomic mass is 9.72. The standard InChI is InChI=1S/C12H22N2/c1-12(2)8-4-3-6-10(12)14-9-5-7-11(14)13/h10,13H,3-9H2,1-2H3. The molecule has 1 saturated carbocycles. The number of nitrogens with zero attached hydrogens (tertiary/aromatic N) is 1. The van der Waals surface area contributed by atoms with Crippen molar-refractivity contribution in [2.45, 2.75) is 58.4 Å². The first-order chi connectivity index (χ1) is 6.61. The Morgan fingerprint density at radius 1 is 1.29 bits per heavy atom. The zero-order valence-electron chi connectivity index (χ0n) is 9.47. The average Bonchev–Trinajstić information content (AvgIpc) is 2.51. The van der Waals surface area contributed by atoms with E-state index in [2.05, 4.69) is 18.7 Å². The van der Waals surface area contributed by atoms with Gasteiger partial charge in [0.2, 0.25) is 0 Å². The maximum Gasteiger partial charge on any atom is 0.0961 e. The quantitative estimate of drug-likeness (QED) is 0.682. The summed E-state index contributed by atoms with van der Waals surface area (Å²) in [5, 5.41) is 7.94. The summed E-state index contributed by atoms with van der Waals surface area (Å²) in [6.45, 7) is 5.89. The summed E-state index contributed by atoms with van der Waals surface area (Å²) in [4.78, 5) is 2.37. The van der Waals surface area contributed by atoms with Crippen LogP contribution < -0.4 is 0 Å². The lowest BCUT2D eigenvalue weighted by Gasteiger charge is -2.44. The van der Waals surface area contributed by atoms with Gasteiger partial charge in [0.15, 0.2) is 0 Å². The fourth-order valence-corrected chi connectivity index (χ4v) is 3.09. The van der Waals surface area contributed by atoms with Gasteiger partial charge in [-0.1, -0.05) is 26.7 Å². The molecule has 1 saturated heterocycles. The Labute approximate surface area is 87.2 Å². The van der Waals surface area contributed by atoms with E-state index in [1.807, 2.05) is 0 Å². The highest BCUT2D eigenvalue weighted by Crippen LogP contribution is 2.39. The Kier molecular flexibility index (Phi) is 2.54. The molecule has 0 aromatic rings. The Morgan fingerprint density at radius 2 is 2.07 bits per heavy atom. The van der Waals surface area contributed by atoms with Gasteiger partial charge in [-0.25, -0.2) is 0 Å². The van der Waals surface area contributed by atoms with E-state index in [4.69, 9.17) is 5.41 Å². The number of rotatable bonds is 1. The summed E-state index contributed by atoms with van der Waals surface area (Å²) < 4.78 is 0. The molecule has 2 aliphatic rings. The Hall–Kier alpha value is -0.530. The summed E-state index contributed by atoms with van der Waals surface area (Å²) in [5.41, 5.74) is 0.425. The maximum atomic E-state index is 7.94. The van der Waals surface area contributed by atoms with E-state index in [9.17, 15) is 0 Å². The molecule has 2 fully saturated rings. The zero-order chi connectivity index (χ0) is 10.2. The van der Waals surface area contributed by atoms with Crippen LogP contribution in [0.4, 0.5) is 0 Å². The second-order valence-corrected chi connectivity index (χ2v) is 5.49. The third-order valence-electron chi connectivity index (χ3n) is 3.99. The third kappa shape index (κ3) is 1.67. The van der Waals surface area contributed by atoms with Gasteiger partial charge >= 0.3 is 0 Å². The smallest absolute Gasteiger partial charge is 0.0961 e. The lowest BCUT2D eigenvalue weighted by Crippen LogP contribution is -2.47. The van der Waals surface area contributed by atoms with Crippen molar-refractivity contribution in [2.75, 3.05) is 6.54 Å². The summed E-state index contributed by atoms with van der Waals surface area (Å²) in [6.07, 6.45) is 7.58. The van der Waals surface area contributed by atoms with Crippen molar-refractivity contribution in [1.29, 1.82) is 5.41 Å². The molecular weight excluding hydrogens is 172 g/mol. The molecule has 2 heteroatoms. The number of amidine groups is 1. The molecule has 1 aliphatic heterocycles. The van der Waals surface area contributed by atoms with Crippen LogP contribution in [0.5, 0.6) is 0 Å². The third-order valence-corrected chi connectivity index (χ3v) is 3.99. The number of nitrogens with one attached hydrogen (secondary N) is 1. The predicted molar refractivity (Wildman–Crippen MR) is 59.7 cm³/mol. The van der Waals surface area contributed by atoms with Crippen LogP contribution in [0.1, 0.15) is 52.4 Å². The van der Waals surface area contributed by atoms with Crippen molar-refractivity contribution in [3.05, 3.63) is 0 Å². The first-order valence-corrected chi connectivity index (χ1v) is 5.95. The van der Waals surface area contributed by atoms with E-state index in [0.29, 0.717) is 11.5 Å². The second kappa shape index (κ2) is 3.56. The van der Waals surface area contributed by atoms with E-state index >= 15 is 0 Å². The maximum absolute atomic E-state index is 7.94. The molecule has 2 nitrogen and oxygen atoms in total. The molecule has 1 N–H and O–H groups in total. The first-order valence-electron chi connectivity index (χ1n) is 5.95. The van der Waals surface area contributed by atoms with Crippen LogP contribution in [0.25, 0.3) is 0 Å². The van der Waals surface area contributed by atoms with Crippen molar-refractivity contribution >= 4 is 5.84 Å². The summed E-state index contributed by atoms with van der Waals surface area (Å²) in [6, 6.07) is 0.645. The SMILES string of the molecule is CC1(C)CCCCC1N1CCCC1=N. The van der Waals surface area contributed by atoms with Crippen molar-refractivity contribution in [2.24, 2.45) is 5.41 Å². The van der Waals surface area contributed by atoms with Gasteiger partial charge in [-0.15, -0.1) is 0 Å². The molecule has 0 radical (unpaired) electrons. The van der Waals surface area contributed by atoms with Crippen LogP contribution in [0.2, 0.25) is 0 Å². The van der Waals surface area contributed by atoms with Gasteiger partial charge < -0.3 is 4.90 Å². The number of likely N-dealkylation sites (tertiary alicyclic amines) is 1. The monoisotopic (exact) mass is 194 g/mol. The molecule has 1 heterocycles. The van der Waals surface area contributed by atoms with Gasteiger partial charge in [0, 0.05) is 19.0 Å². The van der Waals surface area contributed by atoms with Crippen LogP contribution in [-0.2, 0) is 0 Å². The minimum Gasteiger partial charge on any atom is -0.357 e. The van der Waals surface area contributed by atoms with E-state index in [0.717, 1.165) is 18.8 Å². The van der Waals surface area contributed by atoms with Crippen molar-refractivity contribution < 1.29 is 0 Å². The Bertz CT molecular complexity index is 232. The Morgan fingerprint density at radius 3 is 2.64 bits per heavy atom. The highest BCUT2D eigenvalue weighted by atomic mass is 15.2. The summed E-state index contributed by atoms with van der Waals surface area (Å²) >= 11 is 0. The van der Waals surface area contributed by atoms with E-state index in [1.165, 1.54) is 32.1 Å². The van der Waals surface area contributed by atoms with Gasteiger partial charge in [-0.3, -0.25) is 5.41 Å². The molecule has 1 aliphatic carbocycles. The second-order valence-electron chi connectivity index (χ2n) is 5.49. The van der Waals surface area contributed by atoms with E-state index in [-0.39, 0.29) is 0 Å². The molecule has 2 rings (SSSR count). The predicted octanol–water partition coefficient (Wildman–Crippen LogP) is 3.03. The summed E-state index contributed by atoms with van der Waals surface area (Å²) in [7, 11) is 0. The topological polar surface area (TPSA) is 27.1 Å². The highest BCUT2D eigenvalue weighted by Gasteiger charge is 2.38. The van der Waals surface area contributed by atoms with Crippen molar-refractivity contribution in [1.82, 2.24) is 4.90 Å². The molecule has 0 aromatic heterocycles. The minimum absolute atomic E-state index is 0.425. The molecule has 14 heavy (non-hydrogen) atoms. The van der Waals surface area contributed by atoms with Gasteiger partial charge in [0.25, 0.3) is 0 Å². The molecule has 1 unspecified atom stereocenters. The molecule has 1 atom stereocenters. The van der Waals surface area contributed by atoms with Crippen LogP contribution in [-0.4, -0.2) is 23.3 Å². The highest BCUT2D eigenvalue weighted by molar-refractivity contribution is 5.81. The van der Waals surface area contributed by atoms with Crippen LogP contribution >= 0.6 is 0 Å². The molecule has 0 bridgehead atoms. The molecule has 0 amide bonds. The number of hydrogen-bond acceptors (Lipinski definition) is 1. The number of hydrogen-bond donors (Lipinski definition) is 1. The van der Waals surface area contributed by atoms with Crippen LogP contribution in [0.3, 0.4) is 0 Å². The van der Waals surface area contributed by atoms with Crippen LogP contribution in [0, 0.1) is 10.8 Å². The minimum atomic E-state index is 0.425. The summed E-state index contributed by atoms with van der Waals surface area (Å²) in [5.74, 6) is 0.893. The molecule has 0 aromatic carbocycles. The van der Waals surface area contributed by atoms with Gasteiger partial charge in [-0.2, -0.15) is 0 Å². The first kappa shape index (κ1) is 10.0. The van der Waals surface area contributed by atoms with E-state index < -0.39 is 0 Å². The fraction of sp³-hybridized carbons (Fsp3) is 0.917. The van der Waals surface area contributed by atoms with Crippen molar-refractivity contribution in [3.63, 3.8) is 0 Å². The zero-order valence-corrected chi connectivity index (χ0v) is 9.47.